The van der Waals surface area contributed by atoms with Gasteiger partial charge in [0.15, 0.2) is 23.2 Å². The Morgan fingerprint density at radius 2 is 1.88 bits per heavy atom. The fourth-order valence-electron chi connectivity index (χ4n) is 3.14. The molecule has 0 fully saturated rings. The molecule has 166 valence electrons. The quantitative estimate of drug-likeness (QED) is 0.367. The Balaban J connectivity index is 1.34. The van der Waals surface area contributed by atoms with Gasteiger partial charge in [0.25, 0.3) is 0 Å². The first-order valence-electron chi connectivity index (χ1n) is 10.2. The van der Waals surface area contributed by atoms with Crippen molar-refractivity contribution in [1.29, 1.82) is 0 Å². The molecule has 0 saturated carbocycles. The van der Waals surface area contributed by atoms with Crippen molar-refractivity contribution in [3.63, 3.8) is 0 Å². The molecular weight excluding hydrogens is 432 g/mol. The second-order valence-electron chi connectivity index (χ2n) is 7.16. The third-order valence-electron chi connectivity index (χ3n) is 4.73. The first-order chi connectivity index (χ1) is 16.1. The summed E-state index contributed by atoms with van der Waals surface area (Å²) in [6, 6.07) is 5.61. The first-order valence-corrected chi connectivity index (χ1v) is 10.2. The summed E-state index contributed by atoms with van der Waals surface area (Å²) in [4.78, 5) is 17.1. The van der Waals surface area contributed by atoms with Gasteiger partial charge in [-0.3, -0.25) is 4.68 Å². The number of fused-ring (bicyclic) bond motifs is 1. The number of halogens is 2. The number of hydrogen-bond acceptors (Lipinski definition) is 8. The molecule has 0 bridgehead atoms. The van der Waals surface area contributed by atoms with E-state index in [1.165, 1.54) is 24.5 Å². The van der Waals surface area contributed by atoms with Crippen LogP contribution in [0, 0.1) is 11.6 Å². The number of nitrogens with zero attached hydrogens (tertiary/aromatic N) is 7. The zero-order chi connectivity index (χ0) is 22.8. The predicted molar refractivity (Wildman–Crippen MR) is 112 cm³/mol. The van der Waals surface area contributed by atoms with Gasteiger partial charge in [-0.05, 0) is 18.6 Å². The molecule has 2 aliphatic heterocycles. The average molecular weight is 449 g/mol. The fraction of sp³-hybridized carbons (Fsp3) is 0.182. The van der Waals surface area contributed by atoms with Gasteiger partial charge in [0.2, 0.25) is 5.88 Å². The van der Waals surface area contributed by atoms with Crippen LogP contribution in [0.25, 0.3) is 34.2 Å². The minimum Gasteiger partial charge on any atom is -0.477 e. The van der Waals surface area contributed by atoms with E-state index in [1.54, 1.807) is 23.1 Å². The zero-order valence-electron chi connectivity index (χ0n) is 17.4. The van der Waals surface area contributed by atoms with Crippen LogP contribution >= 0.6 is 0 Å². The normalized spacial score (nSPS) is 11.2. The monoisotopic (exact) mass is 449 g/mol. The maximum Gasteiger partial charge on any atom is 0.232 e. The second kappa shape index (κ2) is 8.69. The van der Waals surface area contributed by atoms with Crippen LogP contribution in [0.5, 0.6) is 5.88 Å². The Hall–Kier alpha value is -4.28. The molecule has 0 N–H and O–H groups in total. The molecule has 0 radical (unpaired) electrons. The maximum atomic E-state index is 14.1. The van der Waals surface area contributed by atoms with Gasteiger partial charge >= 0.3 is 0 Å². The van der Waals surface area contributed by atoms with Crippen LogP contribution in [0.1, 0.15) is 19.1 Å². The van der Waals surface area contributed by atoms with Gasteiger partial charge in [-0.15, -0.1) is 0 Å². The largest absolute Gasteiger partial charge is 0.477 e. The number of aromatic nitrogens is 7. The van der Waals surface area contributed by atoms with Gasteiger partial charge < -0.3 is 9.26 Å². The fourth-order valence-corrected chi connectivity index (χ4v) is 3.14. The molecule has 0 unspecified atom stereocenters. The van der Waals surface area contributed by atoms with Crippen LogP contribution in [-0.2, 0) is 6.54 Å². The summed E-state index contributed by atoms with van der Waals surface area (Å²) in [6.07, 6.45) is 7.13. The van der Waals surface area contributed by atoms with Gasteiger partial charge in [-0.1, -0.05) is 18.1 Å². The van der Waals surface area contributed by atoms with E-state index < -0.39 is 11.6 Å². The van der Waals surface area contributed by atoms with Crippen LogP contribution in [0.3, 0.4) is 0 Å². The van der Waals surface area contributed by atoms with Crippen molar-refractivity contribution in [2.24, 2.45) is 0 Å². The summed E-state index contributed by atoms with van der Waals surface area (Å²) >= 11 is 0. The van der Waals surface area contributed by atoms with E-state index in [0.29, 0.717) is 41.0 Å². The summed E-state index contributed by atoms with van der Waals surface area (Å²) in [6.45, 7) is 2.85. The highest BCUT2D eigenvalue weighted by Crippen LogP contribution is 2.27. The molecule has 2 aromatic heterocycles. The molecule has 33 heavy (non-hydrogen) atoms. The number of benzene rings is 1. The first kappa shape index (κ1) is 20.6. The summed E-state index contributed by atoms with van der Waals surface area (Å²) in [5.41, 5.74) is 2.01. The van der Waals surface area contributed by atoms with E-state index in [-0.39, 0.29) is 17.9 Å². The minimum atomic E-state index is -0.990. The highest BCUT2D eigenvalue weighted by Gasteiger charge is 2.18. The van der Waals surface area contributed by atoms with Crippen LogP contribution in [-0.4, -0.2) is 41.5 Å². The number of hydrogen-bond donors (Lipinski definition) is 0. The zero-order valence-corrected chi connectivity index (χ0v) is 17.4. The van der Waals surface area contributed by atoms with E-state index >= 15 is 0 Å². The molecule has 2 aliphatic rings. The Kier molecular flexibility index (Phi) is 5.43. The highest BCUT2D eigenvalue weighted by atomic mass is 19.2. The average Bonchev–Trinajstić information content (AvgIpc) is 3.47. The molecule has 0 amide bonds. The lowest BCUT2D eigenvalue weighted by Gasteiger charge is -2.03. The summed E-state index contributed by atoms with van der Waals surface area (Å²) < 4.78 is 40.0. The van der Waals surface area contributed by atoms with E-state index in [0.717, 1.165) is 12.5 Å². The van der Waals surface area contributed by atoms with Gasteiger partial charge in [-0.2, -0.15) is 5.10 Å². The number of imidazole rings is 1. The molecule has 9 nitrogen and oxygen atoms in total. The second-order valence-corrected chi connectivity index (χ2v) is 7.16. The summed E-state index contributed by atoms with van der Waals surface area (Å²) in [5.74, 6) is -0.871. The van der Waals surface area contributed by atoms with Crippen molar-refractivity contribution < 1.29 is 18.0 Å². The molecular formula is C22H17F2N7O2. The van der Waals surface area contributed by atoms with E-state index in [9.17, 15) is 8.78 Å². The number of rotatable bonds is 7. The summed E-state index contributed by atoms with van der Waals surface area (Å²) in [7, 11) is 0. The van der Waals surface area contributed by atoms with Crippen molar-refractivity contribution in [2.75, 3.05) is 6.61 Å². The van der Waals surface area contributed by atoms with Crippen molar-refractivity contribution in [3.05, 3.63) is 66.4 Å². The van der Waals surface area contributed by atoms with E-state index in [1.807, 2.05) is 6.92 Å². The topological polar surface area (TPSA) is 105 Å². The molecule has 0 atom stereocenters. The molecule has 0 spiro atoms. The van der Waals surface area contributed by atoms with Crippen molar-refractivity contribution in [3.8, 4) is 40.0 Å². The maximum absolute atomic E-state index is 14.1. The predicted octanol–water partition coefficient (Wildman–Crippen LogP) is 4.01. The third kappa shape index (κ3) is 4.25. The van der Waals surface area contributed by atoms with E-state index in [2.05, 4.69) is 30.2 Å². The standard InChI is InChI=1S/C22H17F2N7O2/c1-2-6-32-20-10-25-17(8-26-20)16-7-13(33-30-16)11-31-12-19-18(9-27-31)28-22(29-19)14-4-3-5-15(23)21(14)24/h3-5,7-10,12H,2,6,11H2,1H3. The Morgan fingerprint density at radius 1 is 1.00 bits per heavy atom. The molecule has 1 aromatic carbocycles. The Labute approximate surface area is 186 Å². The minimum absolute atomic E-state index is 0.00940. The lowest BCUT2D eigenvalue weighted by Crippen LogP contribution is -2.04. The molecule has 0 aliphatic carbocycles. The summed E-state index contributed by atoms with van der Waals surface area (Å²) in [5, 5.41) is 8.32. The SMILES string of the molecule is CCCOc1cnc(-c2cc(Cn3cc4nc(-c5cccc(F)c5F)nc-4cn3)on2)cn1. The third-order valence-corrected chi connectivity index (χ3v) is 4.73. The Bertz CT molecular complexity index is 1370. The van der Waals surface area contributed by atoms with Crippen LogP contribution in [0.2, 0.25) is 0 Å². The van der Waals surface area contributed by atoms with Gasteiger partial charge in [-0.25, -0.2) is 28.7 Å². The van der Waals surface area contributed by atoms with E-state index in [4.69, 9.17) is 9.26 Å². The highest BCUT2D eigenvalue weighted by molar-refractivity contribution is 5.65. The van der Waals surface area contributed by atoms with Gasteiger partial charge in [0, 0.05) is 6.07 Å². The van der Waals surface area contributed by atoms with Crippen molar-refractivity contribution in [1.82, 2.24) is 34.9 Å². The van der Waals surface area contributed by atoms with Gasteiger partial charge in [0.05, 0.1) is 37.0 Å². The lowest BCUT2D eigenvalue weighted by atomic mass is 10.2. The molecule has 5 rings (SSSR count). The molecule has 11 heteroatoms. The van der Waals surface area contributed by atoms with Gasteiger partial charge in [0.1, 0.15) is 29.3 Å². The molecule has 4 heterocycles. The molecule has 0 saturated heterocycles. The number of ether oxygens (including phenoxy) is 1. The van der Waals surface area contributed by atoms with Crippen molar-refractivity contribution >= 4 is 0 Å². The van der Waals surface area contributed by atoms with Crippen molar-refractivity contribution in [2.45, 2.75) is 19.9 Å². The van der Waals surface area contributed by atoms with Crippen LogP contribution in [0.15, 0.2) is 53.6 Å². The smallest absolute Gasteiger partial charge is 0.232 e. The molecule has 3 aromatic rings. The van der Waals surface area contributed by atoms with Crippen LogP contribution < -0.4 is 4.74 Å². The lowest BCUT2D eigenvalue weighted by molar-refractivity contribution is 0.304. The van der Waals surface area contributed by atoms with Crippen LogP contribution in [0.4, 0.5) is 8.78 Å². The Morgan fingerprint density at radius 3 is 2.70 bits per heavy atom.